The molecule has 2 aliphatic rings. The molecular weight excluding hydrogens is 262 g/mol. The summed E-state index contributed by atoms with van der Waals surface area (Å²) in [5.41, 5.74) is 6.10. The average molecular weight is 295 g/mol. The molecule has 0 unspecified atom stereocenters. The highest BCUT2D eigenvalue weighted by Crippen LogP contribution is 2.38. The van der Waals surface area contributed by atoms with Crippen LogP contribution in [0, 0.1) is 11.3 Å². The Balaban J connectivity index is 1.81. The van der Waals surface area contributed by atoms with E-state index in [-0.39, 0.29) is 5.41 Å². The second-order valence-corrected chi connectivity index (χ2v) is 7.46. The van der Waals surface area contributed by atoms with Crippen LogP contribution in [0.25, 0.3) is 0 Å². The fourth-order valence-corrected chi connectivity index (χ4v) is 3.94. The Kier molecular flexibility index (Phi) is 6.06. The highest BCUT2D eigenvalue weighted by atomic mass is 16.2. The first-order valence-electron chi connectivity index (χ1n) is 8.67. The second kappa shape index (κ2) is 7.59. The average Bonchev–Trinajstić information content (AvgIpc) is 2.50. The van der Waals surface area contributed by atoms with Gasteiger partial charge in [-0.15, -0.1) is 0 Å². The Hall–Kier alpha value is -0.610. The van der Waals surface area contributed by atoms with Crippen LogP contribution in [0.5, 0.6) is 0 Å². The zero-order valence-corrected chi connectivity index (χ0v) is 13.9. The summed E-state index contributed by atoms with van der Waals surface area (Å²) in [4.78, 5) is 16.9. The summed E-state index contributed by atoms with van der Waals surface area (Å²) in [6.45, 7) is 3.92. The van der Waals surface area contributed by atoms with Gasteiger partial charge in [-0.3, -0.25) is 4.79 Å². The van der Waals surface area contributed by atoms with E-state index in [0.717, 1.165) is 19.4 Å². The van der Waals surface area contributed by atoms with Crippen molar-refractivity contribution in [2.75, 3.05) is 40.3 Å². The van der Waals surface area contributed by atoms with Crippen molar-refractivity contribution < 1.29 is 4.79 Å². The number of carbonyl (C=O) groups excluding carboxylic acids is 1. The van der Waals surface area contributed by atoms with E-state index in [1.807, 2.05) is 11.9 Å². The molecule has 0 radical (unpaired) electrons. The van der Waals surface area contributed by atoms with Crippen LogP contribution in [-0.2, 0) is 4.79 Å². The van der Waals surface area contributed by atoms with Gasteiger partial charge in [0.15, 0.2) is 0 Å². The highest BCUT2D eigenvalue weighted by molar-refractivity contribution is 5.76. The number of amides is 1. The van der Waals surface area contributed by atoms with E-state index in [1.54, 1.807) is 0 Å². The van der Waals surface area contributed by atoms with Crippen LogP contribution >= 0.6 is 0 Å². The zero-order valence-electron chi connectivity index (χ0n) is 13.9. The highest BCUT2D eigenvalue weighted by Gasteiger charge is 2.34. The molecule has 4 heteroatoms. The monoisotopic (exact) mass is 295 g/mol. The van der Waals surface area contributed by atoms with Crippen LogP contribution in [0.4, 0.5) is 0 Å². The van der Waals surface area contributed by atoms with E-state index in [4.69, 9.17) is 5.73 Å². The number of likely N-dealkylation sites (tertiary alicyclic amines) is 1. The fraction of sp³-hybridized carbons (Fsp3) is 0.941. The molecule has 2 fully saturated rings. The Morgan fingerprint density at radius 1 is 1.24 bits per heavy atom. The van der Waals surface area contributed by atoms with E-state index in [1.165, 1.54) is 45.2 Å². The maximum absolute atomic E-state index is 12.6. The van der Waals surface area contributed by atoms with Gasteiger partial charge in [0.25, 0.3) is 0 Å². The summed E-state index contributed by atoms with van der Waals surface area (Å²) in [6.07, 6.45) is 9.15. The molecule has 1 saturated heterocycles. The third-order valence-electron chi connectivity index (χ3n) is 5.67. The van der Waals surface area contributed by atoms with Crippen molar-refractivity contribution in [1.82, 2.24) is 9.80 Å². The molecule has 0 aromatic rings. The van der Waals surface area contributed by atoms with Crippen molar-refractivity contribution in [3.05, 3.63) is 0 Å². The lowest BCUT2D eigenvalue weighted by molar-refractivity contribution is -0.133. The summed E-state index contributed by atoms with van der Waals surface area (Å²) in [5, 5.41) is 0. The van der Waals surface area contributed by atoms with Crippen LogP contribution < -0.4 is 5.73 Å². The van der Waals surface area contributed by atoms with E-state index in [9.17, 15) is 4.79 Å². The maximum Gasteiger partial charge on any atom is 0.222 e. The molecule has 1 saturated carbocycles. The van der Waals surface area contributed by atoms with E-state index >= 15 is 0 Å². The zero-order chi connectivity index (χ0) is 15.3. The third kappa shape index (κ3) is 4.68. The van der Waals surface area contributed by atoms with Gasteiger partial charge >= 0.3 is 0 Å². The normalized spacial score (nSPS) is 24.0. The molecule has 0 aromatic carbocycles. The smallest absolute Gasteiger partial charge is 0.222 e. The summed E-state index contributed by atoms with van der Waals surface area (Å²) in [7, 11) is 4.16. The van der Waals surface area contributed by atoms with Gasteiger partial charge in [0.2, 0.25) is 5.91 Å². The van der Waals surface area contributed by atoms with Crippen molar-refractivity contribution in [3.63, 3.8) is 0 Å². The van der Waals surface area contributed by atoms with Gasteiger partial charge in [0.05, 0.1) is 0 Å². The first kappa shape index (κ1) is 16.8. The van der Waals surface area contributed by atoms with Crippen LogP contribution in [0.3, 0.4) is 0 Å². The molecule has 21 heavy (non-hydrogen) atoms. The van der Waals surface area contributed by atoms with Crippen molar-refractivity contribution >= 4 is 5.91 Å². The van der Waals surface area contributed by atoms with Crippen LogP contribution in [0.2, 0.25) is 0 Å². The molecule has 2 rings (SSSR count). The minimum absolute atomic E-state index is 0.0936. The molecule has 0 atom stereocenters. The largest absolute Gasteiger partial charge is 0.345 e. The Bertz CT molecular complexity index is 331. The van der Waals surface area contributed by atoms with Gasteiger partial charge in [-0.1, -0.05) is 19.3 Å². The molecule has 0 bridgehead atoms. The Morgan fingerprint density at radius 3 is 2.43 bits per heavy atom. The van der Waals surface area contributed by atoms with Gasteiger partial charge in [0, 0.05) is 20.0 Å². The Labute approximate surface area is 130 Å². The number of nitrogens with zero attached hydrogens (tertiary/aromatic N) is 2. The Morgan fingerprint density at radius 2 is 1.86 bits per heavy atom. The van der Waals surface area contributed by atoms with Gasteiger partial charge in [-0.05, 0) is 63.7 Å². The molecule has 1 amide bonds. The second-order valence-electron chi connectivity index (χ2n) is 7.46. The number of nitrogens with two attached hydrogens (primary N) is 1. The number of hydrogen-bond donors (Lipinski definition) is 1. The summed E-state index contributed by atoms with van der Waals surface area (Å²) in [5.74, 6) is 0.983. The van der Waals surface area contributed by atoms with Gasteiger partial charge in [-0.25, -0.2) is 0 Å². The van der Waals surface area contributed by atoms with E-state index in [0.29, 0.717) is 24.8 Å². The van der Waals surface area contributed by atoms with Crippen LogP contribution in [-0.4, -0.2) is 56.0 Å². The minimum atomic E-state index is 0.0936. The molecule has 4 nitrogen and oxygen atoms in total. The number of hydrogen-bond acceptors (Lipinski definition) is 3. The lowest BCUT2D eigenvalue weighted by Gasteiger charge is -2.37. The third-order valence-corrected chi connectivity index (χ3v) is 5.67. The van der Waals surface area contributed by atoms with Crippen molar-refractivity contribution in [2.45, 2.75) is 51.4 Å². The number of carbonyl (C=O) groups is 1. The maximum atomic E-state index is 12.6. The molecule has 1 heterocycles. The standard InChI is InChI=1S/C17H33N3O/c1-19-10-6-15(7-11-19)13-20(2)16(21)12-17(14-18)8-4-3-5-9-17/h15H,3-14,18H2,1-2H3. The minimum Gasteiger partial charge on any atom is -0.345 e. The topological polar surface area (TPSA) is 49.6 Å². The first-order valence-corrected chi connectivity index (χ1v) is 8.67. The molecule has 2 N–H and O–H groups in total. The molecule has 1 aliphatic heterocycles. The molecular formula is C17H33N3O. The summed E-state index contributed by atoms with van der Waals surface area (Å²) in [6, 6.07) is 0. The quantitative estimate of drug-likeness (QED) is 0.845. The predicted molar refractivity (Wildman–Crippen MR) is 87.0 cm³/mol. The van der Waals surface area contributed by atoms with Gasteiger partial charge in [-0.2, -0.15) is 0 Å². The molecule has 122 valence electrons. The summed E-state index contributed by atoms with van der Waals surface area (Å²) < 4.78 is 0. The molecule has 0 spiro atoms. The van der Waals surface area contributed by atoms with E-state index < -0.39 is 0 Å². The van der Waals surface area contributed by atoms with Crippen LogP contribution in [0.15, 0.2) is 0 Å². The fourth-order valence-electron chi connectivity index (χ4n) is 3.94. The van der Waals surface area contributed by atoms with Crippen molar-refractivity contribution in [3.8, 4) is 0 Å². The summed E-state index contributed by atoms with van der Waals surface area (Å²) >= 11 is 0. The molecule has 0 aromatic heterocycles. The van der Waals surface area contributed by atoms with Crippen molar-refractivity contribution in [1.29, 1.82) is 0 Å². The number of piperidine rings is 1. The van der Waals surface area contributed by atoms with Crippen molar-refractivity contribution in [2.24, 2.45) is 17.1 Å². The van der Waals surface area contributed by atoms with Gasteiger partial charge < -0.3 is 15.5 Å². The first-order chi connectivity index (χ1) is 10.0. The SMILES string of the molecule is CN1CCC(CN(C)C(=O)CC2(CN)CCCCC2)CC1. The number of rotatable bonds is 5. The van der Waals surface area contributed by atoms with E-state index in [2.05, 4.69) is 11.9 Å². The van der Waals surface area contributed by atoms with Gasteiger partial charge in [0.1, 0.15) is 0 Å². The molecule has 1 aliphatic carbocycles. The predicted octanol–water partition coefficient (Wildman–Crippen LogP) is 2.09. The lowest BCUT2D eigenvalue weighted by atomic mass is 9.71. The van der Waals surface area contributed by atoms with Crippen LogP contribution in [0.1, 0.15) is 51.4 Å². The lowest BCUT2D eigenvalue weighted by Crippen LogP contribution is -2.42.